The predicted molar refractivity (Wildman–Crippen MR) is 146 cm³/mol. The molecule has 2 heterocycles. The van der Waals surface area contributed by atoms with E-state index >= 15 is 0 Å². The minimum Gasteiger partial charge on any atom is -0.497 e. The Labute approximate surface area is 236 Å². The summed E-state index contributed by atoms with van der Waals surface area (Å²) in [4.78, 5) is 29.8. The number of benzene rings is 3. The number of rotatable bonds is 9. The largest absolute Gasteiger partial charge is 0.497 e. The molecule has 0 aliphatic carbocycles. The first-order valence-corrected chi connectivity index (χ1v) is 12.6. The lowest BCUT2D eigenvalue weighted by atomic mass is 9.97. The molecule has 3 aromatic carbocycles. The van der Waals surface area contributed by atoms with E-state index in [1.165, 1.54) is 12.1 Å². The Kier molecular flexibility index (Phi) is 7.87. The van der Waals surface area contributed by atoms with Crippen LogP contribution in [0.2, 0.25) is 0 Å². The first-order chi connectivity index (χ1) is 20.1. The van der Waals surface area contributed by atoms with Crippen molar-refractivity contribution in [3.05, 3.63) is 128 Å². The van der Waals surface area contributed by atoms with Crippen LogP contribution in [0.3, 0.4) is 0 Å². The molecule has 5 rings (SSSR count). The number of aryl methyl sites for hydroxylation is 1. The van der Waals surface area contributed by atoms with E-state index in [0.29, 0.717) is 28.5 Å². The maximum atomic E-state index is 12.9. The molecular weight excluding hydrogens is 555 g/mol. The molecule has 0 saturated heterocycles. The molecule has 0 spiro atoms. The van der Waals surface area contributed by atoms with Gasteiger partial charge in [0.2, 0.25) is 5.89 Å². The maximum absolute atomic E-state index is 12.9. The average Bonchev–Trinajstić information content (AvgIpc) is 3.51. The van der Waals surface area contributed by atoms with Crippen molar-refractivity contribution in [3.8, 4) is 23.0 Å². The van der Waals surface area contributed by atoms with Crippen molar-refractivity contribution in [1.82, 2.24) is 14.7 Å². The van der Waals surface area contributed by atoms with Crippen molar-refractivity contribution < 1.29 is 31.6 Å². The van der Waals surface area contributed by atoms with Gasteiger partial charge in [0.15, 0.2) is 0 Å². The Hall–Kier alpha value is -5.26. The van der Waals surface area contributed by atoms with Crippen LogP contribution < -0.4 is 20.9 Å². The van der Waals surface area contributed by atoms with Crippen LogP contribution in [-0.2, 0) is 19.3 Å². The summed E-state index contributed by atoms with van der Waals surface area (Å²) in [6.07, 6.45) is -2.69. The number of nitrogens with zero attached hydrogens (tertiary/aromatic N) is 2. The van der Waals surface area contributed by atoms with Crippen LogP contribution in [0, 0.1) is 6.92 Å². The number of ether oxygens (including phenoxy) is 2. The standard InChI is InChI=1S/C30H24F3N3O6/c1-18-26(34-27(41-18)20-6-10-22(11-7-20)30(31,32)33)17-40-24-5-3-4-21(16-24)25(19-8-12-23(39-2)13-9-19)14-15-36-28(37)35-29(38)42-36/h3-14,16H,15,17H2,1-2H3,(H,35,37,38)/b25-14+. The van der Waals surface area contributed by atoms with Crippen LogP contribution >= 0.6 is 0 Å². The van der Waals surface area contributed by atoms with Gasteiger partial charge in [-0.05, 0) is 72.2 Å². The normalized spacial score (nSPS) is 12.0. The second-order valence-electron chi connectivity index (χ2n) is 9.13. The van der Waals surface area contributed by atoms with E-state index in [2.05, 4.69) is 9.97 Å². The van der Waals surface area contributed by atoms with Gasteiger partial charge in [-0.1, -0.05) is 30.3 Å². The zero-order chi connectivity index (χ0) is 29.9. The quantitative estimate of drug-likeness (QED) is 0.234. The monoisotopic (exact) mass is 579 g/mol. The van der Waals surface area contributed by atoms with Crippen molar-refractivity contribution in [1.29, 1.82) is 0 Å². The molecule has 216 valence electrons. The Morgan fingerprint density at radius 2 is 1.74 bits per heavy atom. The maximum Gasteiger partial charge on any atom is 0.440 e. The van der Waals surface area contributed by atoms with Gasteiger partial charge in [0.05, 0.1) is 19.2 Å². The summed E-state index contributed by atoms with van der Waals surface area (Å²) in [7, 11) is 1.57. The summed E-state index contributed by atoms with van der Waals surface area (Å²) in [6, 6.07) is 19.1. The van der Waals surface area contributed by atoms with E-state index in [9.17, 15) is 22.8 Å². The number of alkyl halides is 3. The summed E-state index contributed by atoms with van der Waals surface area (Å²) >= 11 is 0. The van der Waals surface area contributed by atoms with Crippen molar-refractivity contribution in [2.45, 2.75) is 26.3 Å². The summed E-state index contributed by atoms with van der Waals surface area (Å²) in [5.74, 6) is 0.986. The molecule has 5 aromatic rings. The van der Waals surface area contributed by atoms with Crippen molar-refractivity contribution in [2.24, 2.45) is 0 Å². The fourth-order valence-corrected chi connectivity index (χ4v) is 4.17. The van der Waals surface area contributed by atoms with Crippen LogP contribution in [0.25, 0.3) is 17.0 Å². The Morgan fingerprint density at radius 1 is 1.00 bits per heavy atom. The molecule has 9 nitrogen and oxygen atoms in total. The Morgan fingerprint density at radius 3 is 2.38 bits per heavy atom. The van der Waals surface area contributed by atoms with Crippen LogP contribution in [-0.4, -0.2) is 21.8 Å². The zero-order valence-electron chi connectivity index (χ0n) is 22.4. The van der Waals surface area contributed by atoms with E-state index in [4.69, 9.17) is 18.4 Å². The first kappa shape index (κ1) is 28.3. The van der Waals surface area contributed by atoms with Crippen LogP contribution in [0.1, 0.15) is 28.1 Å². The fraction of sp³-hybridized carbons (Fsp3) is 0.167. The number of methoxy groups -OCH3 is 1. The highest BCUT2D eigenvalue weighted by atomic mass is 19.4. The van der Waals surface area contributed by atoms with Gasteiger partial charge in [-0.2, -0.15) is 13.2 Å². The first-order valence-electron chi connectivity index (χ1n) is 12.6. The molecule has 0 bridgehead atoms. The van der Waals surface area contributed by atoms with E-state index in [-0.39, 0.29) is 19.0 Å². The van der Waals surface area contributed by atoms with Gasteiger partial charge in [-0.3, -0.25) is 0 Å². The van der Waals surface area contributed by atoms with Gasteiger partial charge >= 0.3 is 17.6 Å². The summed E-state index contributed by atoms with van der Waals surface area (Å²) < 4.78 is 61.4. The molecule has 0 unspecified atom stereocenters. The second-order valence-corrected chi connectivity index (χ2v) is 9.13. The molecule has 0 atom stereocenters. The lowest BCUT2D eigenvalue weighted by molar-refractivity contribution is -0.137. The molecule has 0 aliphatic heterocycles. The van der Waals surface area contributed by atoms with E-state index in [0.717, 1.165) is 33.6 Å². The summed E-state index contributed by atoms with van der Waals surface area (Å²) in [5, 5.41) is 0. The van der Waals surface area contributed by atoms with Gasteiger partial charge in [0, 0.05) is 5.56 Å². The van der Waals surface area contributed by atoms with Gasteiger partial charge in [-0.15, -0.1) is 4.74 Å². The second kappa shape index (κ2) is 11.7. The van der Waals surface area contributed by atoms with Gasteiger partial charge in [0.25, 0.3) is 0 Å². The molecule has 0 saturated carbocycles. The summed E-state index contributed by atoms with van der Waals surface area (Å²) in [6.45, 7) is 1.74. The lowest BCUT2D eigenvalue weighted by Crippen LogP contribution is -2.16. The average molecular weight is 580 g/mol. The highest BCUT2D eigenvalue weighted by Crippen LogP contribution is 2.32. The molecule has 12 heteroatoms. The molecule has 0 amide bonds. The van der Waals surface area contributed by atoms with Gasteiger partial charge < -0.3 is 18.4 Å². The molecule has 2 aromatic heterocycles. The number of hydrogen-bond donors (Lipinski definition) is 1. The van der Waals surface area contributed by atoms with E-state index in [1.54, 1.807) is 50.4 Å². The van der Waals surface area contributed by atoms with Crippen molar-refractivity contribution in [3.63, 3.8) is 0 Å². The third kappa shape index (κ3) is 6.38. The van der Waals surface area contributed by atoms with Crippen LogP contribution in [0.4, 0.5) is 13.2 Å². The van der Waals surface area contributed by atoms with Gasteiger partial charge in [-0.25, -0.2) is 19.6 Å². The smallest absolute Gasteiger partial charge is 0.440 e. The third-order valence-corrected chi connectivity index (χ3v) is 6.36. The topological polar surface area (TPSA) is 112 Å². The number of allylic oxidation sites excluding steroid dienone is 1. The minimum atomic E-state index is -4.43. The number of oxazole rings is 1. The zero-order valence-corrected chi connectivity index (χ0v) is 22.4. The lowest BCUT2D eigenvalue weighted by Gasteiger charge is -2.12. The number of aromatic amines is 1. The molecule has 42 heavy (non-hydrogen) atoms. The van der Waals surface area contributed by atoms with Crippen LogP contribution in [0.5, 0.6) is 11.5 Å². The Bertz CT molecular complexity index is 1830. The molecule has 0 fully saturated rings. The molecule has 1 N–H and O–H groups in total. The third-order valence-electron chi connectivity index (χ3n) is 6.36. The SMILES string of the molecule is COc1ccc(/C(=C\Cn2oc(=O)[nH]c2=O)c2cccc(OCc3nc(-c4ccc(C(F)(F)F)cc4)oc3C)c2)cc1. The van der Waals surface area contributed by atoms with Crippen molar-refractivity contribution >= 4 is 5.57 Å². The van der Waals surface area contributed by atoms with E-state index in [1.807, 2.05) is 18.2 Å². The highest BCUT2D eigenvalue weighted by molar-refractivity contribution is 5.80. The van der Waals surface area contributed by atoms with Gasteiger partial charge in [0.1, 0.15) is 29.6 Å². The molecule has 0 aliphatic rings. The number of H-pyrrole nitrogens is 1. The number of nitrogens with one attached hydrogen (secondary N) is 1. The number of hydrogen-bond acceptors (Lipinski definition) is 7. The minimum absolute atomic E-state index is 0.00508. The molecule has 0 radical (unpaired) electrons. The summed E-state index contributed by atoms with van der Waals surface area (Å²) in [5.41, 5.74) is 1.78. The highest BCUT2D eigenvalue weighted by Gasteiger charge is 2.30. The van der Waals surface area contributed by atoms with Crippen molar-refractivity contribution in [2.75, 3.05) is 7.11 Å². The number of aromatic nitrogens is 3. The predicted octanol–water partition coefficient (Wildman–Crippen LogP) is 5.83. The fourth-order valence-electron chi connectivity index (χ4n) is 4.17. The number of halogens is 3. The molecular formula is C30H24F3N3O6. The Balaban J connectivity index is 1.37. The van der Waals surface area contributed by atoms with E-state index < -0.39 is 23.2 Å². The van der Waals surface area contributed by atoms with Crippen LogP contribution in [0.15, 0.2) is 97.4 Å².